The summed E-state index contributed by atoms with van der Waals surface area (Å²) in [4.78, 5) is 15.4. The number of hydrogen-bond acceptors (Lipinski definition) is 3. The summed E-state index contributed by atoms with van der Waals surface area (Å²) >= 11 is 0. The number of benzene rings is 2. The molecular weight excluding hydrogens is 563 g/mol. The normalized spacial score (nSPS) is 28.0. The number of aryl methyl sites for hydroxylation is 1. The van der Waals surface area contributed by atoms with Gasteiger partial charge in [-0.25, -0.2) is 22.0 Å². The maximum atomic E-state index is 14.9. The van der Waals surface area contributed by atoms with E-state index in [1.54, 1.807) is 23.1 Å². The molecule has 2 fully saturated rings. The Morgan fingerprint density at radius 3 is 2.29 bits per heavy atom. The molecular formula is C30H35F5N2O3S. The largest absolute Gasteiger partial charge is 0.426 e. The van der Waals surface area contributed by atoms with Crippen molar-refractivity contribution in [1.29, 1.82) is 0 Å². The molecule has 0 spiro atoms. The second-order valence-electron chi connectivity index (χ2n) is 12.1. The summed E-state index contributed by atoms with van der Waals surface area (Å²) in [5.74, 6) is -0.385. The summed E-state index contributed by atoms with van der Waals surface area (Å²) in [6, 6.07) is 9.51. The lowest BCUT2D eigenvalue weighted by Crippen LogP contribution is -2.53. The van der Waals surface area contributed by atoms with Gasteiger partial charge in [-0.1, -0.05) is 30.3 Å². The highest BCUT2D eigenvalue weighted by atomic mass is 32.2. The third-order valence-electron chi connectivity index (χ3n) is 9.52. The van der Waals surface area contributed by atoms with Gasteiger partial charge in [-0.2, -0.15) is 13.2 Å². The van der Waals surface area contributed by atoms with Crippen molar-refractivity contribution in [3.63, 3.8) is 0 Å². The van der Waals surface area contributed by atoms with E-state index in [1.807, 2.05) is 0 Å². The minimum atomic E-state index is -5.06. The summed E-state index contributed by atoms with van der Waals surface area (Å²) in [6.45, 7) is 0.945. The molecule has 224 valence electrons. The topological polar surface area (TPSA) is 66.5 Å². The molecule has 11 heteroatoms. The highest BCUT2D eigenvalue weighted by Crippen LogP contribution is 2.51. The lowest BCUT2D eigenvalue weighted by molar-refractivity contribution is -0.228. The van der Waals surface area contributed by atoms with Gasteiger partial charge >= 0.3 is 12.2 Å². The zero-order valence-electron chi connectivity index (χ0n) is 23.1. The lowest BCUT2D eigenvalue weighted by atomic mass is 9.63. The fraction of sp³-hybridized carbons (Fsp3) is 0.567. The number of sulfone groups is 1. The fourth-order valence-electron chi connectivity index (χ4n) is 7.13. The van der Waals surface area contributed by atoms with Crippen molar-refractivity contribution in [2.75, 3.05) is 12.8 Å². The Kier molecular flexibility index (Phi) is 7.66. The molecule has 1 saturated heterocycles. The van der Waals surface area contributed by atoms with E-state index in [0.717, 1.165) is 11.1 Å². The Balaban J connectivity index is 1.43. The predicted octanol–water partition coefficient (Wildman–Crippen LogP) is 6.14. The van der Waals surface area contributed by atoms with E-state index >= 15 is 0 Å². The zero-order chi connectivity index (χ0) is 29.8. The molecule has 1 saturated carbocycles. The number of hydrogen-bond donors (Lipinski definition) is 1. The number of fused-ring (bicyclic) bond motifs is 3. The third-order valence-corrected chi connectivity index (χ3v) is 11.2. The first-order chi connectivity index (χ1) is 19.1. The molecule has 0 radical (unpaired) electrons. The summed E-state index contributed by atoms with van der Waals surface area (Å²) in [5, 5.41) is 2.70. The van der Waals surface area contributed by atoms with Gasteiger partial charge in [0.1, 0.15) is 15.7 Å². The van der Waals surface area contributed by atoms with Gasteiger partial charge in [-0.3, -0.25) is 0 Å². The zero-order valence-corrected chi connectivity index (χ0v) is 23.9. The van der Waals surface area contributed by atoms with E-state index in [1.165, 1.54) is 30.5 Å². The standard InChI is InChI=1S/C30H35F5N2O3S/c1-28(32,30(33,34)35)21-6-13-25-20(17-21)5-14-26-29(25,18-19-3-7-22(31)8-4-19)15-16-37(26)27(38)36-23-9-11-24(12-10-23)41(2,39)40/h3-4,6-8,13,17,23-24,26H,5,9-12,14-16,18H2,1-2H3,(H,36,38)/t23?,24?,26-,28?,29-/m1/s1. The minimum Gasteiger partial charge on any atom is -0.335 e. The number of likely N-dealkylation sites (tertiary alicyclic amines) is 1. The van der Waals surface area contributed by atoms with Gasteiger partial charge in [0.05, 0.1) is 5.25 Å². The molecule has 1 heterocycles. The quantitative estimate of drug-likeness (QED) is 0.421. The number of nitrogens with zero attached hydrogens (tertiary/aromatic N) is 1. The van der Waals surface area contributed by atoms with Gasteiger partial charge in [0.15, 0.2) is 0 Å². The molecule has 41 heavy (non-hydrogen) atoms. The van der Waals surface area contributed by atoms with Gasteiger partial charge in [-0.15, -0.1) is 0 Å². The molecule has 2 aliphatic carbocycles. The molecule has 3 atom stereocenters. The molecule has 1 unspecified atom stereocenters. The lowest BCUT2D eigenvalue weighted by Gasteiger charge is -2.44. The Bertz CT molecular complexity index is 1400. The van der Waals surface area contributed by atoms with Crippen LogP contribution < -0.4 is 5.32 Å². The van der Waals surface area contributed by atoms with Crippen LogP contribution in [0.5, 0.6) is 0 Å². The van der Waals surface area contributed by atoms with Crippen LogP contribution in [0.25, 0.3) is 0 Å². The van der Waals surface area contributed by atoms with Gasteiger partial charge < -0.3 is 10.2 Å². The number of urea groups is 1. The summed E-state index contributed by atoms with van der Waals surface area (Å²) in [6.07, 6.45) is 0.144. The monoisotopic (exact) mass is 598 g/mol. The number of alkyl halides is 4. The van der Waals surface area contributed by atoms with E-state index in [2.05, 4.69) is 5.32 Å². The third kappa shape index (κ3) is 5.58. The molecule has 5 nitrogen and oxygen atoms in total. The van der Waals surface area contributed by atoms with Crippen LogP contribution in [0, 0.1) is 5.82 Å². The van der Waals surface area contributed by atoms with E-state index in [9.17, 15) is 35.2 Å². The first-order valence-electron chi connectivity index (χ1n) is 14.0. The summed E-state index contributed by atoms with van der Waals surface area (Å²) in [7, 11) is -3.13. The highest BCUT2D eigenvalue weighted by molar-refractivity contribution is 7.91. The summed E-state index contributed by atoms with van der Waals surface area (Å²) < 4.78 is 92.9. The van der Waals surface area contributed by atoms with Crippen LogP contribution in [0.3, 0.4) is 0 Å². The van der Waals surface area contributed by atoms with Crippen molar-refractivity contribution in [3.8, 4) is 0 Å². The first-order valence-corrected chi connectivity index (χ1v) is 16.0. The van der Waals surface area contributed by atoms with Crippen molar-refractivity contribution in [2.24, 2.45) is 0 Å². The van der Waals surface area contributed by atoms with Crippen molar-refractivity contribution in [2.45, 2.75) is 92.9 Å². The van der Waals surface area contributed by atoms with E-state index in [-0.39, 0.29) is 23.9 Å². The van der Waals surface area contributed by atoms with Crippen molar-refractivity contribution >= 4 is 15.9 Å². The van der Waals surface area contributed by atoms with E-state index in [4.69, 9.17) is 0 Å². The smallest absolute Gasteiger partial charge is 0.335 e. The van der Waals surface area contributed by atoms with Gasteiger partial charge in [0.2, 0.25) is 5.67 Å². The summed E-state index contributed by atoms with van der Waals surface area (Å²) in [5.41, 5.74) is -2.32. The second-order valence-corrected chi connectivity index (χ2v) is 14.4. The van der Waals surface area contributed by atoms with Gasteiger partial charge in [0, 0.05) is 30.3 Å². The molecule has 2 aromatic carbocycles. The molecule has 0 bridgehead atoms. The number of amides is 2. The molecule has 2 amide bonds. The number of carbonyl (C=O) groups excluding carboxylic acids is 1. The van der Waals surface area contributed by atoms with Crippen LogP contribution in [0.4, 0.5) is 26.7 Å². The van der Waals surface area contributed by atoms with Crippen LogP contribution >= 0.6 is 0 Å². The first kappa shape index (κ1) is 29.8. The molecule has 5 rings (SSSR count). The number of nitrogens with one attached hydrogen (secondary N) is 1. The van der Waals surface area contributed by atoms with Crippen molar-refractivity contribution < 1.29 is 35.2 Å². The van der Waals surface area contributed by atoms with Gasteiger partial charge in [0.25, 0.3) is 0 Å². The van der Waals surface area contributed by atoms with Gasteiger partial charge in [-0.05, 0) is 92.7 Å². The minimum absolute atomic E-state index is 0.143. The van der Waals surface area contributed by atoms with Crippen molar-refractivity contribution in [1.82, 2.24) is 10.2 Å². The SMILES string of the molecule is CC(F)(c1ccc2c(c1)CC[C@H]1N(C(=O)NC3CCC(S(C)(=O)=O)CC3)CC[C@@]21Cc1ccc(F)cc1)C(F)(F)F. The molecule has 3 aliphatic rings. The average Bonchev–Trinajstić information content (AvgIpc) is 3.28. The van der Waals surface area contributed by atoms with E-state index in [0.29, 0.717) is 70.4 Å². The van der Waals surface area contributed by atoms with Crippen LogP contribution in [-0.4, -0.2) is 55.7 Å². The fourth-order valence-corrected chi connectivity index (χ4v) is 8.25. The Hall–Kier alpha value is -2.69. The Labute approximate surface area is 237 Å². The van der Waals surface area contributed by atoms with E-state index < -0.39 is 37.9 Å². The van der Waals surface area contributed by atoms with Crippen molar-refractivity contribution in [3.05, 3.63) is 70.5 Å². The maximum Gasteiger partial charge on any atom is 0.426 e. The molecule has 2 aromatic rings. The Morgan fingerprint density at radius 2 is 1.68 bits per heavy atom. The molecule has 1 aliphatic heterocycles. The Morgan fingerprint density at radius 1 is 1.02 bits per heavy atom. The van der Waals surface area contributed by atoms with Crippen LogP contribution in [0.15, 0.2) is 42.5 Å². The van der Waals surface area contributed by atoms with Crippen LogP contribution in [0.2, 0.25) is 0 Å². The number of carbonyl (C=O) groups is 1. The second kappa shape index (κ2) is 10.5. The molecule has 0 aromatic heterocycles. The highest BCUT2D eigenvalue weighted by Gasteiger charge is 2.56. The number of rotatable bonds is 5. The average molecular weight is 599 g/mol. The van der Waals surface area contributed by atoms with Crippen LogP contribution in [-0.2, 0) is 33.8 Å². The predicted molar refractivity (Wildman–Crippen MR) is 146 cm³/mol. The maximum absolute atomic E-state index is 14.9. The molecule has 1 N–H and O–H groups in total. The van der Waals surface area contributed by atoms with Crippen LogP contribution in [0.1, 0.15) is 67.7 Å². The number of halogens is 5.